The van der Waals surface area contributed by atoms with E-state index in [4.69, 9.17) is 4.74 Å². The highest BCUT2D eigenvalue weighted by molar-refractivity contribution is 8.13. The zero-order chi connectivity index (χ0) is 15.3. The van der Waals surface area contributed by atoms with E-state index in [9.17, 15) is 4.79 Å². The van der Waals surface area contributed by atoms with Crippen molar-refractivity contribution in [3.8, 4) is 16.9 Å². The van der Waals surface area contributed by atoms with Crippen molar-refractivity contribution in [3.63, 3.8) is 0 Å². The van der Waals surface area contributed by atoms with Gasteiger partial charge < -0.3 is 4.74 Å². The van der Waals surface area contributed by atoms with E-state index < -0.39 is 5.60 Å². The van der Waals surface area contributed by atoms with Crippen LogP contribution in [0.5, 0.6) is 5.75 Å². The molecule has 2 rings (SSSR count). The summed E-state index contributed by atoms with van der Waals surface area (Å²) in [6.45, 7) is 7.46. The van der Waals surface area contributed by atoms with Crippen molar-refractivity contribution in [2.45, 2.75) is 19.4 Å². The molecule has 1 atom stereocenters. The van der Waals surface area contributed by atoms with Crippen LogP contribution in [0.4, 0.5) is 0 Å². The largest absolute Gasteiger partial charge is 0.487 e. The van der Waals surface area contributed by atoms with Gasteiger partial charge in [0, 0.05) is 12.7 Å². The highest BCUT2D eigenvalue weighted by atomic mass is 32.2. The Morgan fingerprint density at radius 3 is 2.24 bits per heavy atom. The Labute approximate surface area is 130 Å². The normalized spacial score (nSPS) is 11.2. The van der Waals surface area contributed by atoms with Gasteiger partial charge in [-0.05, 0) is 37.1 Å². The molecular weight excluding hydrogens is 280 g/mol. The molecule has 21 heavy (non-hydrogen) atoms. The summed E-state index contributed by atoms with van der Waals surface area (Å²) in [6.07, 6.45) is 0. The molecule has 0 amide bonds. The van der Waals surface area contributed by atoms with Gasteiger partial charge in [0.15, 0.2) is 5.12 Å². The number of carbonyl (C=O) groups excluding carboxylic acids is 1. The molecular formula is C18H19O2S. The first-order chi connectivity index (χ1) is 9.96. The van der Waals surface area contributed by atoms with Crippen molar-refractivity contribution in [1.29, 1.82) is 0 Å². The van der Waals surface area contributed by atoms with Crippen LogP contribution in [0.3, 0.4) is 0 Å². The van der Waals surface area contributed by atoms with Crippen molar-refractivity contribution in [2.24, 2.45) is 0 Å². The fourth-order valence-corrected chi connectivity index (χ4v) is 2.48. The highest BCUT2D eigenvalue weighted by Crippen LogP contribution is 2.25. The molecule has 0 aliphatic heterocycles. The number of hydrogen-bond acceptors (Lipinski definition) is 3. The van der Waals surface area contributed by atoms with Gasteiger partial charge in [0.25, 0.3) is 0 Å². The summed E-state index contributed by atoms with van der Waals surface area (Å²) in [7, 11) is 0. The molecule has 2 nitrogen and oxygen atoms in total. The first-order valence-corrected chi connectivity index (χ1v) is 7.78. The summed E-state index contributed by atoms with van der Waals surface area (Å²) in [5.74, 6) is 1.29. The van der Waals surface area contributed by atoms with E-state index >= 15 is 0 Å². The number of benzene rings is 2. The summed E-state index contributed by atoms with van der Waals surface area (Å²) in [6, 6.07) is 18.1. The van der Waals surface area contributed by atoms with E-state index in [1.807, 2.05) is 49.4 Å². The standard InChI is InChI=1S/C18H19O2S/c1-14(19)21-13-18(2,3)20-17-11-9-16(10-12-17)15-7-5-4-6-8-15/h4-12H,2,13H2,1,3H3. The summed E-state index contributed by atoms with van der Waals surface area (Å²) in [5.41, 5.74) is 1.70. The molecule has 0 aromatic heterocycles. The molecule has 0 heterocycles. The highest BCUT2D eigenvalue weighted by Gasteiger charge is 2.21. The SMILES string of the molecule is [CH2]C(C)(CSC(C)=O)Oc1ccc(-c2ccccc2)cc1. The van der Waals surface area contributed by atoms with Crippen LogP contribution in [0.15, 0.2) is 54.6 Å². The third-order valence-corrected chi connectivity index (χ3v) is 4.07. The molecule has 0 N–H and O–H groups in total. The Balaban J connectivity index is 2.04. The summed E-state index contributed by atoms with van der Waals surface area (Å²) in [4.78, 5) is 11.0. The molecule has 1 radical (unpaired) electrons. The molecule has 0 saturated heterocycles. The smallest absolute Gasteiger partial charge is 0.186 e. The van der Waals surface area contributed by atoms with Gasteiger partial charge in [-0.1, -0.05) is 54.2 Å². The van der Waals surface area contributed by atoms with Crippen molar-refractivity contribution in [2.75, 3.05) is 5.75 Å². The van der Waals surface area contributed by atoms with Crippen LogP contribution in [0.1, 0.15) is 13.8 Å². The zero-order valence-corrected chi connectivity index (χ0v) is 13.2. The van der Waals surface area contributed by atoms with Crippen LogP contribution < -0.4 is 4.74 Å². The second-order valence-corrected chi connectivity index (χ2v) is 6.37. The van der Waals surface area contributed by atoms with Gasteiger partial charge in [0.2, 0.25) is 0 Å². The Morgan fingerprint density at radius 2 is 1.67 bits per heavy atom. The Bertz CT molecular complexity index is 588. The minimum absolute atomic E-state index is 0.0768. The second kappa shape index (κ2) is 6.81. The van der Waals surface area contributed by atoms with Crippen LogP contribution in [0, 0.1) is 6.92 Å². The summed E-state index contributed by atoms with van der Waals surface area (Å²) >= 11 is 1.23. The third-order valence-electron chi connectivity index (χ3n) is 2.91. The van der Waals surface area contributed by atoms with Gasteiger partial charge in [-0.15, -0.1) is 0 Å². The molecule has 0 bridgehead atoms. The molecule has 0 fully saturated rings. The quantitative estimate of drug-likeness (QED) is 0.807. The second-order valence-electron chi connectivity index (χ2n) is 5.22. The topological polar surface area (TPSA) is 26.3 Å². The Hall–Kier alpha value is -1.74. The lowest BCUT2D eigenvalue weighted by Crippen LogP contribution is -2.32. The number of carbonyl (C=O) groups is 1. The van der Waals surface area contributed by atoms with E-state index in [1.165, 1.54) is 17.3 Å². The van der Waals surface area contributed by atoms with E-state index in [0.717, 1.165) is 11.3 Å². The van der Waals surface area contributed by atoms with Gasteiger partial charge >= 0.3 is 0 Å². The fraction of sp³-hybridized carbons (Fsp3) is 0.222. The minimum Gasteiger partial charge on any atom is -0.487 e. The number of rotatable bonds is 5. The minimum atomic E-state index is -0.620. The molecule has 0 aliphatic carbocycles. The predicted molar refractivity (Wildman–Crippen MR) is 89.4 cm³/mol. The van der Waals surface area contributed by atoms with Gasteiger partial charge in [0.1, 0.15) is 11.4 Å². The monoisotopic (exact) mass is 299 g/mol. The average Bonchev–Trinajstić information content (AvgIpc) is 2.47. The third kappa shape index (κ3) is 4.94. The predicted octanol–water partition coefficient (Wildman–Crippen LogP) is 4.60. The van der Waals surface area contributed by atoms with Crippen molar-refractivity contribution >= 4 is 16.9 Å². The lowest BCUT2D eigenvalue weighted by atomic mass is 10.1. The molecule has 1 unspecified atom stereocenters. The molecule has 0 spiro atoms. The first kappa shape index (κ1) is 15.6. The summed E-state index contributed by atoms with van der Waals surface area (Å²) in [5, 5.41) is 0.0768. The number of thioether (sulfide) groups is 1. The van der Waals surface area contributed by atoms with Gasteiger partial charge in [0.05, 0.1) is 0 Å². The maximum absolute atomic E-state index is 11.0. The lowest BCUT2D eigenvalue weighted by Gasteiger charge is -2.25. The van der Waals surface area contributed by atoms with Gasteiger partial charge in [-0.3, -0.25) is 4.79 Å². The Morgan fingerprint density at radius 1 is 1.10 bits per heavy atom. The van der Waals surface area contributed by atoms with Crippen molar-refractivity contribution < 1.29 is 9.53 Å². The molecule has 2 aromatic rings. The summed E-state index contributed by atoms with van der Waals surface area (Å²) < 4.78 is 5.86. The molecule has 109 valence electrons. The van der Waals surface area contributed by atoms with Crippen molar-refractivity contribution in [1.82, 2.24) is 0 Å². The number of ether oxygens (including phenoxy) is 1. The molecule has 0 aliphatic rings. The Kier molecular flexibility index (Phi) is 5.07. The van der Waals surface area contributed by atoms with Gasteiger partial charge in [-0.25, -0.2) is 0 Å². The van der Waals surface area contributed by atoms with Crippen LogP contribution in [-0.2, 0) is 4.79 Å². The van der Waals surface area contributed by atoms with Crippen LogP contribution in [0.2, 0.25) is 0 Å². The maximum atomic E-state index is 11.0. The first-order valence-electron chi connectivity index (χ1n) is 6.79. The van der Waals surface area contributed by atoms with E-state index in [-0.39, 0.29) is 5.12 Å². The fourth-order valence-electron chi connectivity index (χ4n) is 1.91. The van der Waals surface area contributed by atoms with Crippen molar-refractivity contribution in [3.05, 3.63) is 61.5 Å². The number of hydrogen-bond donors (Lipinski definition) is 0. The van der Waals surface area contributed by atoms with E-state index in [2.05, 4.69) is 19.1 Å². The van der Waals surface area contributed by atoms with Crippen LogP contribution in [-0.4, -0.2) is 16.5 Å². The lowest BCUT2D eigenvalue weighted by molar-refractivity contribution is -0.109. The van der Waals surface area contributed by atoms with E-state index in [1.54, 1.807) is 6.92 Å². The maximum Gasteiger partial charge on any atom is 0.186 e. The van der Waals surface area contributed by atoms with Gasteiger partial charge in [-0.2, -0.15) is 0 Å². The molecule has 2 aromatic carbocycles. The van der Waals surface area contributed by atoms with Crippen LogP contribution >= 0.6 is 11.8 Å². The molecule has 3 heteroatoms. The average molecular weight is 299 g/mol. The van der Waals surface area contributed by atoms with Crippen LogP contribution in [0.25, 0.3) is 11.1 Å². The van der Waals surface area contributed by atoms with E-state index in [0.29, 0.717) is 5.75 Å². The zero-order valence-electron chi connectivity index (χ0n) is 12.3. The molecule has 0 saturated carbocycles.